The van der Waals surface area contributed by atoms with Crippen LogP contribution in [0.3, 0.4) is 0 Å². The molecule has 2 aliphatic rings. The van der Waals surface area contributed by atoms with Gasteiger partial charge in [-0.15, -0.1) is 0 Å². The summed E-state index contributed by atoms with van der Waals surface area (Å²) in [5.41, 5.74) is 2.67. The summed E-state index contributed by atoms with van der Waals surface area (Å²) in [5.74, 6) is 2.53. The van der Waals surface area contributed by atoms with Crippen molar-refractivity contribution in [2.24, 2.45) is 5.92 Å². The van der Waals surface area contributed by atoms with Crippen molar-refractivity contribution in [1.82, 2.24) is 25.6 Å². The minimum Gasteiger partial charge on any atom is -0.441 e. The van der Waals surface area contributed by atoms with Gasteiger partial charge in [0.2, 0.25) is 5.89 Å². The fourth-order valence-electron chi connectivity index (χ4n) is 4.74. The van der Waals surface area contributed by atoms with Crippen LogP contribution in [-0.4, -0.2) is 38.7 Å². The van der Waals surface area contributed by atoms with E-state index in [1.165, 1.54) is 0 Å². The van der Waals surface area contributed by atoms with Gasteiger partial charge in [0.1, 0.15) is 11.6 Å². The van der Waals surface area contributed by atoms with Gasteiger partial charge < -0.3 is 9.73 Å². The molecule has 5 rings (SSSR count). The van der Waals surface area contributed by atoms with Crippen molar-refractivity contribution in [3.63, 3.8) is 0 Å². The van der Waals surface area contributed by atoms with E-state index in [1.54, 1.807) is 18.3 Å². The Bertz CT molecular complexity index is 1270. The topological polar surface area (TPSA) is 110 Å². The Morgan fingerprint density at radius 1 is 1.11 bits per heavy atom. The Morgan fingerprint density at radius 2 is 1.92 bits per heavy atom. The first-order valence-corrected chi connectivity index (χ1v) is 13.2. The molecule has 0 atom stereocenters. The molecule has 1 saturated heterocycles. The molecule has 36 heavy (non-hydrogen) atoms. The summed E-state index contributed by atoms with van der Waals surface area (Å²) in [6.07, 6.45) is 9.54. The Balaban J connectivity index is 1.07. The highest BCUT2D eigenvalue weighted by atomic mass is 32.2. The van der Waals surface area contributed by atoms with Crippen LogP contribution < -0.4 is 10.6 Å². The highest BCUT2D eigenvalue weighted by Gasteiger charge is 2.25. The number of benzene rings is 1. The highest BCUT2D eigenvalue weighted by Crippen LogP contribution is 2.28. The zero-order chi connectivity index (χ0) is 24.9. The summed E-state index contributed by atoms with van der Waals surface area (Å²) in [7, 11) is 0. The van der Waals surface area contributed by atoms with Gasteiger partial charge in [-0.2, -0.15) is 0 Å². The van der Waals surface area contributed by atoms with E-state index >= 15 is 0 Å². The fourth-order valence-corrected chi connectivity index (χ4v) is 5.40. The lowest BCUT2D eigenvalue weighted by atomic mass is 9.84. The molecule has 0 unspecified atom stereocenters. The zero-order valence-corrected chi connectivity index (χ0v) is 21.0. The molecule has 3 aromatic rings. The molecule has 0 bridgehead atoms. The summed E-state index contributed by atoms with van der Waals surface area (Å²) in [4.78, 5) is 37.2. The SMILES string of the molecule is Cc1oc(-c2ccccc2)nc1CCNC1CCC(Cc2nccc(/C=C3\SC(=O)NC3=O)n2)CC1. The minimum atomic E-state index is -0.369. The molecule has 1 saturated carbocycles. The molecule has 0 spiro atoms. The number of nitrogens with zero attached hydrogens (tertiary/aromatic N) is 3. The van der Waals surface area contributed by atoms with Gasteiger partial charge in [-0.05, 0) is 74.6 Å². The number of rotatable bonds is 8. The van der Waals surface area contributed by atoms with Gasteiger partial charge in [-0.25, -0.2) is 15.0 Å². The number of oxazole rings is 1. The van der Waals surface area contributed by atoms with Crippen LogP contribution in [0.15, 0.2) is 51.9 Å². The molecule has 2 N–H and O–H groups in total. The lowest BCUT2D eigenvalue weighted by Gasteiger charge is -2.29. The second-order valence-corrected chi connectivity index (χ2v) is 10.3. The van der Waals surface area contributed by atoms with Crippen molar-refractivity contribution in [2.75, 3.05) is 6.54 Å². The largest absolute Gasteiger partial charge is 0.441 e. The first kappa shape index (κ1) is 24.4. The maximum absolute atomic E-state index is 11.8. The monoisotopic (exact) mass is 503 g/mol. The van der Waals surface area contributed by atoms with Crippen LogP contribution in [0, 0.1) is 12.8 Å². The predicted molar refractivity (Wildman–Crippen MR) is 139 cm³/mol. The van der Waals surface area contributed by atoms with Crippen molar-refractivity contribution in [3.8, 4) is 11.5 Å². The van der Waals surface area contributed by atoms with E-state index < -0.39 is 0 Å². The third-order valence-corrected chi connectivity index (χ3v) is 7.48. The summed E-state index contributed by atoms with van der Waals surface area (Å²) in [6, 6.07) is 12.3. The molecule has 1 aromatic carbocycles. The first-order chi connectivity index (χ1) is 17.5. The Kier molecular flexibility index (Phi) is 7.58. The van der Waals surface area contributed by atoms with Crippen LogP contribution in [0.5, 0.6) is 0 Å². The number of hydrogen-bond acceptors (Lipinski definition) is 8. The number of aromatic nitrogens is 3. The zero-order valence-electron chi connectivity index (χ0n) is 20.2. The summed E-state index contributed by atoms with van der Waals surface area (Å²) in [5, 5.41) is 5.62. The van der Waals surface area contributed by atoms with Gasteiger partial charge >= 0.3 is 0 Å². The van der Waals surface area contributed by atoms with Gasteiger partial charge in [-0.1, -0.05) is 18.2 Å². The van der Waals surface area contributed by atoms with Crippen molar-refractivity contribution in [2.45, 2.75) is 51.5 Å². The number of hydrogen-bond donors (Lipinski definition) is 2. The van der Waals surface area contributed by atoms with Crippen molar-refractivity contribution in [1.29, 1.82) is 0 Å². The second-order valence-electron chi connectivity index (χ2n) is 9.26. The Hall–Kier alpha value is -3.30. The van der Waals surface area contributed by atoms with Gasteiger partial charge in [0.15, 0.2) is 0 Å². The van der Waals surface area contributed by atoms with Crippen molar-refractivity contribution >= 4 is 29.0 Å². The van der Waals surface area contributed by atoms with Crippen LogP contribution >= 0.6 is 11.8 Å². The summed E-state index contributed by atoms with van der Waals surface area (Å²) in [6.45, 7) is 2.86. The number of amides is 2. The fraction of sp³-hybridized carbons (Fsp3) is 0.370. The van der Waals surface area contributed by atoms with Crippen molar-refractivity contribution < 1.29 is 14.0 Å². The second kappa shape index (κ2) is 11.2. The van der Waals surface area contributed by atoms with Crippen LogP contribution in [0.2, 0.25) is 0 Å². The first-order valence-electron chi connectivity index (χ1n) is 12.4. The average Bonchev–Trinajstić information content (AvgIpc) is 3.41. The van der Waals surface area contributed by atoms with Crippen LogP contribution in [0.25, 0.3) is 17.5 Å². The van der Waals surface area contributed by atoms with E-state index in [0.29, 0.717) is 28.4 Å². The number of thioether (sulfide) groups is 1. The summed E-state index contributed by atoms with van der Waals surface area (Å²) < 4.78 is 5.88. The Labute approximate surface area is 214 Å². The molecule has 1 aliphatic heterocycles. The number of nitrogens with one attached hydrogen (secondary N) is 2. The number of carbonyl (C=O) groups is 2. The van der Waals surface area contributed by atoms with Crippen LogP contribution in [0.4, 0.5) is 4.79 Å². The normalized spacial score (nSPS) is 21.2. The van der Waals surface area contributed by atoms with Gasteiger partial charge in [0.05, 0.1) is 16.3 Å². The number of imide groups is 1. The predicted octanol–water partition coefficient (Wildman–Crippen LogP) is 4.70. The number of carbonyl (C=O) groups excluding carboxylic acids is 2. The number of aryl methyl sites for hydroxylation is 1. The van der Waals surface area contributed by atoms with E-state index in [0.717, 1.165) is 79.7 Å². The minimum absolute atomic E-state index is 0.348. The third kappa shape index (κ3) is 6.09. The molecule has 9 heteroatoms. The van der Waals surface area contributed by atoms with E-state index in [9.17, 15) is 9.59 Å². The van der Waals surface area contributed by atoms with Gasteiger partial charge in [0.25, 0.3) is 11.1 Å². The molecule has 2 amide bonds. The molecule has 2 fully saturated rings. The van der Waals surface area contributed by atoms with Gasteiger partial charge in [0, 0.05) is 37.2 Å². The lowest BCUT2D eigenvalue weighted by Crippen LogP contribution is -2.35. The summed E-state index contributed by atoms with van der Waals surface area (Å²) >= 11 is 0.901. The van der Waals surface area contributed by atoms with Crippen molar-refractivity contribution in [3.05, 3.63) is 70.5 Å². The maximum Gasteiger partial charge on any atom is 0.290 e. The molecule has 1 aliphatic carbocycles. The molecular formula is C27H29N5O3S. The average molecular weight is 504 g/mol. The molecule has 3 heterocycles. The standard InChI is InChI=1S/C27H29N5O3S/c1-17-22(31-26(35-17)19-5-3-2-4-6-19)12-14-28-20-9-7-18(8-10-20)15-24-29-13-11-21(30-24)16-23-25(33)32-27(34)36-23/h2-6,11,13,16,18,20,28H,7-10,12,14-15H2,1H3,(H,32,33,34)/b23-16-. The van der Waals surface area contributed by atoms with E-state index in [1.807, 2.05) is 37.3 Å². The molecule has 2 aromatic heterocycles. The molecule has 8 nitrogen and oxygen atoms in total. The maximum atomic E-state index is 11.8. The molecular weight excluding hydrogens is 474 g/mol. The molecule has 0 radical (unpaired) electrons. The quantitative estimate of drug-likeness (QED) is 0.426. The van der Waals surface area contributed by atoms with E-state index in [4.69, 9.17) is 9.40 Å². The van der Waals surface area contributed by atoms with Crippen LogP contribution in [-0.2, 0) is 17.6 Å². The van der Waals surface area contributed by atoms with Gasteiger partial charge in [-0.3, -0.25) is 14.9 Å². The third-order valence-electron chi connectivity index (χ3n) is 6.67. The van der Waals surface area contributed by atoms with E-state index in [-0.39, 0.29) is 11.1 Å². The molecule has 186 valence electrons. The smallest absolute Gasteiger partial charge is 0.290 e. The highest BCUT2D eigenvalue weighted by molar-refractivity contribution is 8.18. The van der Waals surface area contributed by atoms with Crippen LogP contribution in [0.1, 0.15) is 48.7 Å². The lowest BCUT2D eigenvalue weighted by molar-refractivity contribution is -0.115. The van der Waals surface area contributed by atoms with E-state index in [2.05, 4.69) is 20.6 Å². The Morgan fingerprint density at radius 3 is 2.67 bits per heavy atom.